The van der Waals surface area contributed by atoms with Gasteiger partial charge < -0.3 is 18.9 Å². The fraction of sp³-hybridized carbons (Fsp3) is 0.429. The Morgan fingerprint density at radius 1 is 0.885 bits per heavy atom. The molecule has 136 valence electrons. The van der Waals surface area contributed by atoms with Crippen LogP contribution in [0.25, 0.3) is 0 Å². The first kappa shape index (κ1) is 17.4. The van der Waals surface area contributed by atoms with Gasteiger partial charge in [0, 0.05) is 6.54 Å². The van der Waals surface area contributed by atoms with Gasteiger partial charge in [0.25, 0.3) is 0 Å². The molecule has 2 aliphatic rings. The smallest absolute Gasteiger partial charge is 0.453 e. The maximum Gasteiger partial charge on any atom is 0.494 e. The van der Waals surface area contributed by atoms with E-state index in [0.717, 1.165) is 41.3 Å². The Balaban J connectivity index is 1.70. The second-order valence-electron chi connectivity index (χ2n) is 8.04. The number of rotatable bonds is 3. The van der Waals surface area contributed by atoms with E-state index in [4.69, 9.17) is 14.0 Å². The molecule has 0 unspecified atom stereocenters. The maximum atomic E-state index is 6.21. The standard InChI is InChI=1S/C21H26BNO3/c1-6-13-23-16-9-7-8-10-18(16)24-19-14-15(11-12-17(19)23)22-25-20(2,3)21(4,5)26-22/h7-12,14H,6,13H2,1-5H3. The molecule has 1 saturated heterocycles. The van der Waals surface area contributed by atoms with Gasteiger partial charge in [0.05, 0.1) is 22.6 Å². The molecule has 2 aromatic rings. The van der Waals surface area contributed by atoms with E-state index in [0.29, 0.717) is 0 Å². The van der Waals surface area contributed by atoms with Crippen molar-refractivity contribution < 1.29 is 14.0 Å². The first-order valence-electron chi connectivity index (χ1n) is 9.36. The molecule has 0 atom stereocenters. The summed E-state index contributed by atoms with van der Waals surface area (Å²) in [5.41, 5.74) is 2.49. The second kappa shape index (κ2) is 6.03. The molecule has 0 amide bonds. The molecule has 0 spiro atoms. The van der Waals surface area contributed by atoms with Gasteiger partial charge in [-0.15, -0.1) is 0 Å². The van der Waals surface area contributed by atoms with E-state index in [1.54, 1.807) is 0 Å². The zero-order valence-electron chi connectivity index (χ0n) is 16.2. The third-order valence-electron chi connectivity index (χ3n) is 5.62. The van der Waals surface area contributed by atoms with Crippen LogP contribution in [0.4, 0.5) is 11.4 Å². The number of benzene rings is 2. The molecule has 0 N–H and O–H groups in total. The average Bonchev–Trinajstić information content (AvgIpc) is 2.82. The summed E-state index contributed by atoms with van der Waals surface area (Å²) in [4.78, 5) is 2.32. The van der Waals surface area contributed by atoms with Crippen LogP contribution in [0, 0.1) is 0 Å². The van der Waals surface area contributed by atoms with E-state index in [9.17, 15) is 0 Å². The highest BCUT2D eigenvalue weighted by Crippen LogP contribution is 2.46. The van der Waals surface area contributed by atoms with Gasteiger partial charge in [-0.3, -0.25) is 0 Å². The summed E-state index contributed by atoms with van der Waals surface area (Å²) in [5, 5.41) is 0. The molecule has 0 aliphatic carbocycles. The Morgan fingerprint density at radius 3 is 2.23 bits per heavy atom. The number of ether oxygens (including phenoxy) is 1. The van der Waals surface area contributed by atoms with Gasteiger partial charge in [-0.05, 0) is 63.8 Å². The molecule has 4 rings (SSSR count). The van der Waals surface area contributed by atoms with Crippen molar-refractivity contribution in [3.8, 4) is 11.5 Å². The second-order valence-corrected chi connectivity index (χ2v) is 8.04. The van der Waals surface area contributed by atoms with Crippen LogP contribution >= 0.6 is 0 Å². The van der Waals surface area contributed by atoms with Crippen LogP contribution in [-0.4, -0.2) is 24.9 Å². The first-order valence-corrected chi connectivity index (χ1v) is 9.36. The van der Waals surface area contributed by atoms with E-state index in [1.807, 2.05) is 12.1 Å². The summed E-state index contributed by atoms with van der Waals surface area (Å²) in [7, 11) is -0.384. The van der Waals surface area contributed by atoms with Crippen molar-refractivity contribution in [1.82, 2.24) is 0 Å². The number of para-hydroxylation sites is 2. The molecule has 26 heavy (non-hydrogen) atoms. The monoisotopic (exact) mass is 351 g/mol. The zero-order chi connectivity index (χ0) is 18.5. The summed E-state index contributed by atoms with van der Waals surface area (Å²) < 4.78 is 18.6. The lowest BCUT2D eigenvalue weighted by Crippen LogP contribution is -2.41. The van der Waals surface area contributed by atoms with Crippen molar-refractivity contribution in [2.45, 2.75) is 52.2 Å². The van der Waals surface area contributed by atoms with Crippen molar-refractivity contribution in [2.75, 3.05) is 11.4 Å². The Morgan fingerprint density at radius 2 is 1.54 bits per heavy atom. The molecule has 4 nitrogen and oxygen atoms in total. The lowest BCUT2D eigenvalue weighted by Gasteiger charge is -2.33. The Hall–Kier alpha value is -1.98. The average molecular weight is 351 g/mol. The highest BCUT2D eigenvalue weighted by Gasteiger charge is 2.51. The third kappa shape index (κ3) is 2.70. The number of hydrogen-bond acceptors (Lipinski definition) is 4. The molecule has 1 fully saturated rings. The summed E-state index contributed by atoms with van der Waals surface area (Å²) in [6, 6.07) is 14.4. The summed E-state index contributed by atoms with van der Waals surface area (Å²) >= 11 is 0. The predicted molar refractivity (Wildman–Crippen MR) is 106 cm³/mol. The van der Waals surface area contributed by atoms with Crippen molar-refractivity contribution >= 4 is 24.0 Å². The molecule has 2 aliphatic heterocycles. The summed E-state index contributed by atoms with van der Waals surface area (Å²) in [6.07, 6.45) is 1.06. The molecule has 5 heteroatoms. The van der Waals surface area contributed by atoms with E-state index < -0.39 is 0 Å². The topological polar surface area (TPSA) is 30.9 Å². The largest absolute Gasteiger partial charge is 0.494 e. The maximum absolute atomic E-state index is 6.21. The molecular formula is C21H26BNO3. The number of hydrogen-bond donors (Lipinski definition) is 0. The fourth-order valence-corrected chi connectivity index (χ4v) is 3.44. The van der Waals surface area contributed by atoms with E-state index >= 15 is 0 Å². The summed E-state index contributed by atoms with van der Waals surface area (Å²) in [5.74, 6) is 1.74. The molecule has 0 aromatic heterocycles. The number of nitrogens with zero attached hydrogens (tertiary/aromatic N) is 1. The molecule has 0 saturated carbocycles. The quantitative estimate of drug-likeness (QED) is 0.754. The Labute approximate surface area is 156 Å². The van der Waals surface area contributed by atoms with E-state index in [1.165, 1.54) is 0 Å². The molecule has 0 bridgehead atoms. The molecule has 2 heterocycles. The van der Waals surface area contributed by atoms with Crippen LogP contribution in [0.1, 0.15) is 41.0 Å². The van der Waals surface area contributed by atoms with Gasteiger partial charge >= 0.3 is 7.12 Å². The van der Waals surface area contributed by atoms with Gasteiger partial charge in [0.15, 0.2) is 11.5 Å². The van der Waals surface area contributed by atoms with Crippen LogP contribution in [0.5, 0.6) is 11.5 Å². The number of anilines is 2. The SMILES string of the molecule is CCCN1c2ccccc2Oc2cc(B3OC(C)(C)C(C)(C)O3)ccc21. The van der Waals surface area contributed by atoms with E-state index in [2.05, 4.69) is 69.9 Å². The third-order valence-corrected chi connectivity index (χ3v) is 5.62. The van der Waals surface area contributed by atoms with Crippen LogP contribution in [0.3, 0.4) is 0 Å². The van der Waals surface area contributed by atoms with Crippen LogP contribution in [0.15, 0.2) is 42.5 Å². The predicted octanol–water partition coefficient (Wildman–Crippen LogP) is 4.64. The van der Waals surface area contributed by atoms with Gasteiger partial charge in [-0.25, -0.2) is 0 Å². The van der Waals surface area contributed by atoms with Gasteiger partial charge in [-0.1, -0.05) is 25.1 Å². The number of fused-ring (bicyclic) bond motifs is 2. The van der Waals surface area contributed by atoms with Crippen molar-refractivity contribution in [2.24, 2.45) is 0 Å². The fourth-order valence-electron chi connectivity index (χ4n) is 3.44. The highest BCUT2D eigenvalue weighted by atomic mass is 16.7. The van der Waals surface area contributed by atoms with Crippen LogP contribution in [0.2, 0.25) is 0 Å². The van der Waals surface area contributed by atoms with Crippen LogP contribution < -0.4 is 15.1 Å². The molecular weight excluding hydrogens is 325 g/mol. The van der Waals surface area contributed by atoms with Crippen molar-refractivity contribution in [3.63, 3.8) is 0 Å². The molecule has 0 radical (unpaired) electrons. The van der Waals surface area contributed by atoms with Crippen LogP contribution in [-0.2, 0) is 9.31 Å². The molecule has 2 aromatic carbocycles. The Bertz CT molecular complexity index is 818. The van der Waals surface area contributed by atoms with E-state index in [-0.39, 0.29) is 18.3 Å². The van der Waals surface area contributed by atoms with Crippen molar-refractivity contribution in [1.29, 1.82) is 0 Å². The Kier molecular flexibility index (Phi) is 4.05. The lowest BCUT2D eigenvalue weighted by molar-refractivity contribution is 0.00578. The summed E-state index contributed by atoms with van der Waals surface area (Å²) in [6.45, 7) is 11.4. The van der Waals surface area contributed by atoms with Gasteiger partial charge in [0.2, 0.25) is 0 Å². The van der Waals surface area contributed by atoms with Gasteiger partial charge in [0.1, 0.15) is 0 Å². The zero-order valence-corrected chi connectivity index (χ0v) is 16.2. The minimum Gasteiger partial charge on any atom is -0.453 e. The normalized spacial score (nSPS) is 19.7. The minimum absolute atomic E-state index is 0.352. The first-order chi connectivity index (χ1) is 12.3. The lowest BCUT2D eigenvalue weighted by atomic mass is 9.79. The van der Waals surface area contributed by atoms with Gasteiger partial charge in [-0.2, -0.15) is 0 Å². The van der Waals surface area contributed by atoms with Crippen molar-refractivity contribution in [3.05, 3.63) is 42.5 Å². The highest BCUT2D eigenvalue weighted by molar-refractivity contribution is 6.62. The minimum atomic E-state index is -0.384.